The van der Waals surface area contributed by atoms with Crippen molar-refractivity contribution >= 4 is 63.3 Å². The van der Waals surface area contributed by atoms with Gasteiger partial charge in [-0.3, -0.25) is 14.4 Å². The van der Waals surface area contributed by atoms with Crippen LogP contribution in [-0.2, 0) is 19.1 Å². The van der Waals surface area contributed by atoms with Crippen LogP contribution in [0.3, 0.4) is 0 Å². The monoisotopic (exact) mass is 464 g/mol. The molecule has 1 aromatic heterocycles. The summed E-state index contributed by atoms with van der Waals surface area (Å²) in [5.41, 5.74) is -0.562. The summed E-state index contributed by atoms with van der Waals surface area (Å²) < 4.78 is 8.83. The minimum Gasteiger partial charge on any atom is -0.462 e. The number of nitrogens with zero attached hydrogens (tertiary/aromatic N) is 1. The number of ether oxygens (including phenoxy) is 2. The molecule has 0 aromatic carbocycles. The van der Waals surface area contributed by atoms with Crippen LogP contribution in [-0.4, -0.2) is 60.3 Å². The molecule has 0 radical (unpaired) electrons. The molecule has 1 N–H and O–H groups in total. The number of hydrogen-bond acceptors (Lipinski definition) is 7. The molecule has 0 bridgehead atoms. The van der Waals surface area contributed by atoms with Crippen LogP contribution < -0.4 is 5.32 Å². The lowest BCUT2D eigenvalue weighted by Gasteiger charge is -2.12. The highest BCUT2D eigenvalue weighted by molar-refractivity contribution is 7.18. The molecule has 0 saturated heterocycles. The van der Waals surface area contributed by atoms with Gasteiger partial charge < -0.3 is 19.7 Å². The highest BCUT2D eigenvalue weighted by Crippen LogP contribution is 2.64. The molecule has 1 atom stereocenters. The summed E-state index contributed by atoms with van der Waals surface area (Å²) in [4.78, 5) is 50.7. The van der Waals surface area contributed by atoms with E-state index >= 15 is 0 Å². The Balaban J connectivity index is 2.17. The van der Waals surface area contributed by atoms with Gasteiger partial charge in [0, 0.05) is 20.5 Å². The molecule has 1 heterocycles. The Morgan fingerprint density at radius 2 is 1.79 bits per heavy atom. The Morgan fingerprint density at radius 3 is 2.28 bits per heavy atom. The molecule has 0 aliphatic heterocycles. The van der Waals surface area contributed by atoms with E-state index in [1.165, 1.54) is 4.90 Å². The number of nitrogens with one attached hydrogen (secondary N) is 1. The zero-order chi connectivity index (χ0) is 22.1. The van der Waals surface area contributed by atoms with E-state index in [9.17, 15) is 19.2 Å². The van der Waals surface area contributed by atoms with E-state index in [2.05, 4.69) is 5.32 Å². The molecule has 1 saturated carbocycles. The fourth-order valence-electron chi connectivity index (χ4n) is 2.53. The SMILES string of the molecule is CCOC(=O)c1c(NC(=O)COC(=O)[C@@]2(C)CC2(Cl)Cl)sc(C(=O)N(C)C)c1C. The number of thiophene rings is 1. The molecule has 2 rings (SSSR count). The van der Waals surface area contributed by atoms with Crippen molar-refractivity contribution in [2.75, 3.05) is 32.6 Å². The van der Waals surface area contributed by atoms with Gasteiger partial charge in [-0.25, -0.2) is 4.79 Å². The first-order valence-electron chi connectivity index (χ1n) is 8.72. The summed E-state index contributed by atoms with van der Waals surface area (Å²) in [6, 6.07) is 0. The van der Waals surface area contributed by atoms with Gasteiger partial charge in [-0.15, -0.1) is 34.5 Å². The van der Waals surface area contributed by atoms with Crippen molar-refractivity contribution in [3.63, 3.8) is 0 Å². The highest BCUT2D eigenvalue weighted by Gasteiger charge is 2.69. The van der Waals surface area contributed by atoms with E-state index in [4.69, 9.17) is 32.7 Å². The fourth-order valence-corrected chi connectivity index (χ4v) is 4.45. The lowest BCUT2D eigenvalue weighted by molar-refractivity contribution is -0.152. The molecule has 0 spiro atoms. The second-order valence-corrected chi connectivity index (χ2v) is 9.52. The smallest absolute Gasteiger partial charge is 0.341 e. The largest absolute Gasteiger partial charge is 0.462 e. The molecule has 1 aromatic rings. The van der Waals surface area contributed by atoms with E-state index in [-0.39, 0.29) is 29.5 Å². The van der Waals surface area contributed by atoms with Gasteiger partial charge in [-0.1, -0.05) is 0 Å². The van der Waals surface area contributed by atoms with Crippen LogP contribution in [0.1, 0.15) is 45.9 Å². The van der Waals surface area contributed by atoms with E-state index in [1.807, 2.05) is 0 Å². The van der Waals surface area contributed by atoms with Crippen LogP contribution in [0.2, 0.25) is 0 Å². The van der Waals surface area contributed by atoms with Crippen molar-refractivity contribution < 1.29 is 28.7 Å². The number of carbonyl (C=O) groups is 4. The van der Waals surface area contributed by atoms with Crippen molar-refractivity contribution in [1.29, 1.82) is 0 Å². The van der Waals surface area contributed by atoms with Crippen molar-refractivity contribution in [3.05, 3.63) is 16.0 Å². The summed E-state index contributed by atoms with van der Waals surface area (Å²) in [5.74, 6) is -2.33. The molecule has 8 nitrogen and oxygen atoms in total. The van der Waals surface area contributed by atoms with Gasteiger partial charge in [-0.2, -0.15) is 0 Å². The predicted molar refractivity (Wildman–Crippen MR) is 110 cm³/mol. The summed E-state index contributed by atoms with van der Waals surface area (Å²) in [7, 11) is 3.16. The molecule has 1 fully saturated rings. The predicted octanol–water partition coefficient (Wildman–Crippen LogP) is 3.00. The van der Waals surface area contributed by atoms with Crippen LogP contribution in [0.25, 0.3) is 0 Å². The van der Waals surface area contributed by atoms with Gasteiger partial charge in [0.15, 0.2) is 6.61 Å². The van der Waals surface area contributed by atoms with E-state index in [0.29, 0.717) is 10.4 Å². The molecule has 2 amide bonds. The first-order chi connectivity index (χ1) is 13.4. The third kappa shape index (κ3) is 4.67. The number of halogens is 2. The molecule has 0 unspecified atom stereocenters. The minimum atomic E-state index is -1.20. The Kier molecular flexibility index (Phi) is 6.86. The number of amides is 2. The number of esters is 2. The van der Waals surface area contributed by atoms with Crippen molar-refractivity contribution in [3.8, 4) is 0 Å². The number of carbonyl (C=O) groups excluding carboxylic acids is 4. The van der Waals surface area contributed by atoms with Crippen LogP contribution in [0.15, 0.2) is 0 Å². The van der Waals surface area contributed by atoms with Gasteiger partial charge in [0.25, 0.3) is 11.8 Å². The van der Waals surface area contributed by atoms with Crippen LogP contribution in [0.4, 0.5) is 5.00 Å². The quantitative estimate of drug-likeness (QED) is 0.491. The average molecular weight is 465 g/mol. The standard InChI is InChI=1S/C18H22Cl2N2O6S/c1-6-27-15(25)11-9(2)12(14(24)22(4)5)29-13(11)21-10(23)7-28-16(26)17(3)8-18(17,19)20/h6-8H2,1-5H3,(H,21,23)/t17-/m1/s1. The summed E-state index contributed by atoms with van der Waals surface area (Å²) in [5, 5.41) is 2.66. The molecular formula is C18H22Cl2N2O6S. The third-order valence-electron chi connectivity index (χ3n) is 4.52. The Bertz CT molecular complexity index is 867. The normalized spacial score (nSPS) is 19.3. The fraction of sp³-hybridized carbons (Fsp3) is 0.556. The zero-order valence-electron chi connectivity index (χ0n) is 16.7. The molecular weight excluding hydrogens is 443 g/mol. The third-order valence-corrected chi connectivity index (χ3v) is 6.82. The van der Waals surface area contributed by atoms with Crippen molar-refractivity contribution in [1.82, 2.24) is 4.90 Å². The maximum absolute atomic E-state index is 12.4. The Hall–Kier alpha value is -1.84. The summed E-state index contributed by atoms with van der Waals surface area (Å²) in [6.45, 7) is 4.34. The number of anilines is 1. The van der Waals surface area contributed by atoms with Gasteiger partial charge in [0.1, 0.15) is 14.7 Å². The molecule has 160 valence electrons. The van der Waals surface area contributed by atoms with Crippen molar-refractivity contribution in [2.45, 2.75) is 31.5 Å². The maximum Gasteiger partial charge on any atom is 0.341 e. The molecule has 1 aliphatic carbocycles. The average Bonchev–Trinajstić information content (AvgIpc) is 2.98. The lowest BCUT2D eigenvalue weighted by Crippen LogP contribution is -2.27. The minimum absolute atomic E-state index is 0.0939. The zero-order valence-corrected chi connectivity index (χ0v) is 19.0. The summed E-state index contributed by atoms with van der Waals surface area (Å²) in [6.07, 6.45) is 0.233. The van der Waals surface area contributed by atoms with E-state index in [1.54, 1.807) is 34.9 Å². The topological polar surface area (TPSA) is 102 Å². The van der Waals surface area contributed by atoms with Gasteiger partial charge in [0.2, 0.25) is 0 Å². The first kappa shape index (κ1) is 23.4. The van der Waals surface area contributed by atoms with Crippen LogP contribution >= 0.6 is 34.5 Å². The number of rotatable bonds is 7. The lowest BCUT2D eigenvalue weighted by atomic mass is 10.1. The Morgan fingerprint density at radius 1 is 1.21 bits per heavy atom. The molecule has 29 heavy (non-hydrogen) atoms. The van der Waals surface area contributed by atoms with E-state index in [0.717, 1.165) is 11.3 Å². The van der Waals surface area contributed by atoms with Crippen molar-refractivity contribution in [2.24, 2.45) is 5.41 Å². The maximum atomic E-state index is 12.4. The number of hydrogen-bond donors (Lipinski definition) is 1. The molecule has 11 heteroatoms. The number of alkyl halides is 2. The first-order valence-corrected chi connectivity index (χ1v) is 10.3. The van der Waals surface area contributed by atoms with Crippen LogP contribution in [0, 0.1) is 12.3 Å². The summed E-state index contributed by atoms with van der Waals surface area (Å²) >= 11 is 12.8. The van der Waals surface area contributed by atoms with E-state index < -0.39 is 34.2 Å². The second-order valence-electron chi connectivity index (χ2n) is 7.02. The van der Waals surface area contributed by atoms with Gasteiger partial charge in [-0.05, 0) is 26.3 Å². The second kappa shape index (κ2) is 8.49. The highest BCUT2D eigenvalue weighted by atomic mass is 35.5. The van der Waals surface area contributed by atoms with Gasteiger partial charge in [0.05, 0.1) is 17.0 Å². The van der Waals surface area contributed by atoms with Gasteiger partial charge >= 0.3 is 11.9 Å². The Labute approximate surface area is 182 Å². The molecule has 1 aliphatic rings. The van der Waals surface area contributed by atoms with Crippen LogP contribution in [0.5, 0.6) is 0 Å².